The Labute approximate surface area is 107 Å². The number of aryl methyl sites for hydroxylation is 1. The Balaban J connectivity index is 3.20. The van der Waals surface area contributed by atoms with Gasteiger partial charge in [0.25, 0.3) is 0 Å². The van der Waals surface area contributed by atoms with Gasteiger partial charge in [-0.05, 0) is 37.8 Å². The largest absolute Gasteiger partial charge is 0.462 e. The fourth-order valence-corrected chi connectivity index (χ4v) is 2.04. The first-order chi connectivity index (χ1) is 7.95. The van der Waals surface area contributed by atoms with Gasteiger partial charge in [0, 0.05) is 0 Å². The minimum absolute atomic E-state index is 0.315. The molecule has 0 N–H and O–H groups in total. The molecule has 0 aliphatic rings. The van der Waals surface area contributed by atoms with Gasteiger partial charge in [0.05, 0.1) is 17.9 Å². The number of ether oxygens (including phenoxy) is 1. The molecular weight excluding hydrogens is 238 g/mol. The molecule has 1 aromatic heterocycles. The minimum Gasteiger partial charge on any atom is -0.462 e. The van der Waals surface area contributed by atoms with Gasteiger partial charge in [0.1, 0.15) is 5.15 Å². The second-order valence-electron chi connectivity index (χ2n) is 4.38. The van der Waals surface area contributed by atoms with Crippen LogP contribution in [0.1, 0.15) is 42.4 Å². The number of halogens is 1. The lowest BCUT2D eigenvalue weighted by Gasteiger charge is -2.13. The van der Waals surface area contributed by atoms with Crippen LogP contribution >= 0.6 is 11.6 Å². The number of carbonyl (C=O) groups is 1. The van der Waals surface area contributed by atoms with E-state index in [2.05, 4.69) is 18.8 Å². The molecule has 0 atom stereocenters. The summed E-state index contributed by atoms with van der Waals surface area (Å²) < 4.78 is 5.05. The third kappa shape index (κ3) is 3.70. The van der Waals surface area contributed by atoms with E-state index < -0.39 is 0 Å². The number of pyridine rings is 1. The molecule has 0 amide bonds. The summed E-state index contributed by atoms with van der Waals surface area (Å²) >= 11 is 5.92. The summed E-state index contributed by atoms with van der Waals surface area (Å²) in [6, 6.07) is 1.75. The molecule has 0 saturated carbocycles. The molecule has 0 fully saturated rings. The van der Waals surface area contributed by atoms with Crippen molar-refractivity contribution in [3.8, 4) is 0 Å². The van der Waals surface area contributed by atoms with Gasteiger partial charge in [0.2, 0.25) is 0 Å². The molecule has 3 nitrogen and oxygen atoms in total. The quantitative estimate of drug-likeness (QED) is 0.611. The Hall–Kier alpha value is -1.09. The second kappa shape index (κ2) is 6.01. The molecule has 17 heavy (non-hydrogen) atoms. The summed E-state index contributed by atoms with van der Waals surface area (Å²) in [7, 11) is 0. The Morgan fingerprint density at radius 3 is 2.71 bits per heavy atom. The second-order valence-corrected chi connectivity index (χ2v) is 4.77. The van der Waals surface area contributed by atoms with Crippen molar-refractivity contribution in [1.29, 1.82) is 0 Å². The van der Waals surface area contributed by atoms with Crippen LogP contribution in [0, 0.1) is 12.8 Å². The van der Waals surface area contributed by atoms with Crippen LogP contribution in [-0.2, 0) is 11.2 Å². The highest BCUT2D eigenvalue weighted by Gasteiger charge is 2.18. The van der Waals surface area contributed by atoms with Gasteiger partial charge in [-0.2, -0.15) is 0 Å². The maximum atomic E-state index is 11.9. The first-order valence-corrected chi connectivity index (χ1v) is 6.16. The van der Waals surface area contributed by atoms with Crippen LogP contribution in [-0.4, -0.2) is 17.6 Å². The summed E-state index contributed by atoms with van der Waals surface area (Å²) in [6.07, 6.45) is 0.789. The van der Waals surface area contributed by atoms with Crippen LogP contribution in [0.15, 0.2) is 6.07 Å². The van der Waals surface area contributed by atoms with Crippen molar-refractivity contribution in [2.24, 2.45) is 5.92 Å². The topological polar surface area (TPSA) is 39.2 Å². The third-order valence-corrected chi connectivity index (χ3v) is 2.55. The van der Waals surface area contributed by atoms with Crippen LogP contribution in [0.25, 0.3) is 0 Å². The molecule has 94 valence electrons. The van der Waals surface area contributed by atoms with Gasteiger partial charge >= 0.3 is 5.97 Å². The van der Waals surface area contributed by atoms with Crippen molar-refractivity contribution in [2.45, 2.75) is 34.1 Å². The van der Waals surface area contributed by atoms with E-state index >= 15 is 0 Å². The number of hydrogen-bond acceptors (Lipinski definition) is 3. The number of hydrogen-bond donors (Lipinski definition) is 0. The molecule has 0 saturated heterocycles. The fraction of sp³-hybridized carbons (Fsp3) is 0.538. The predicted octanol–water partition coefficient (Wildman–Crippen LogP) is 3.42. The fourth-order valence-electron chi connectivity index (χ4n) is 1.78. The maximum absolute atomic E-state index is 11.9. The summed E-state index contributed by atoms with van der Waals surface area (Å²) in [5.41, 5.74) is 2.10. The Bertz CT molecular complexity index is 416. The van der Waals surface area contributed by atoms with Gasteiger partial charge < -0.3 is 4.74 Å². The number of esters is 1. The maximum Gasteiger partial charge on any atom is 0.340 e. The van der Waals surface area contributed by atoms with Crippen LogP contribution in [0.5, 0.6) is 0 Å². The zero-order valence-electron chi connectivity index (χ0n) is 10.7. The van der Waals surface area contributed by atoms with E-state index in [9.17, 15) is 4.79 Å². The Kier molecular flexibility index (Phi) is 4.94. The lowest BCUT2D eigenvalue weighted by molar-refractivity contribution is 0.0523. The summed E-state index contributed by atoms with van der Waals surface area (Å²) in [4.78, 5) is 16.0. The number of rotatable bonds is 4. The average molecular weight is 256 g/mol. The number of aromatic nitrogens is 1. The summed E-state index contributed by atoms with van der Waals surface area (Å²) in [5, 5.41) is 0.422. The van der Waals surface area contributed by atoms with Crippen molar-refractivity contribution in [3.63, 3.8) is 0 Å². The highest BCUT2D eigenvalue weighted by Crippen LogP contribution is 2.21. The van der Waals surface area contributed by atoms with Crippen LogP contribution in [0.3, 0.4) is 0 Å². The standard InChI is InChI=1S/C13H18ClNO2/c1-5-17-13(16)12-9(4)15-11(14)7-10(12)6-8(2)3/h7-8H,5-6H2,1-4H3. The van der Waals surface area contributed by atoms with E-state index in [0.29, 0.717) is 28.9 Å². The molecule has 0 radical (unpaired) electrons. The summed E-state index contributed by atoms with van der Waals surface area (Å²) in [5.74, 6) is 0.130. The van der Waals surface area contributed by atoms with Crippen molar-refractivity contribution in [3.05, 3.63) is 28.0 Å². The van der Waals surface area contributed by atoms with E-state index in [0.717, 1.165) is 12.0 Å². The Morgan fingerprint density at radius 2 is 2.18 bits per heavy atom. The van der Waals surface area contributed by atoms with E-state index in [1.165, 1.54) is 0 Å². The molecule has 0 aromatic carbocycles. The van der Waals surface area contributed by atoms with E-state index in [4.69, 9.17) is 16.3 Å². The monoisotopic (exact) mass is 255 g/mol. The highest BCUT2D eigenvalue weighted by atomic mass is 35.5. The number of nitrogens with zero attached hydrogens (tertiary/aromatic N) is 1. The molecule has 0 unspecified atom stereocenters. The smallest absolute Gasteiger partial charge is 0.340 e. The highest BCUT2D eigenvalue weighted by molar-refractivity contribution is 6.29. The summed E-state index contributed by atoms with van der Waals surface area (Å²) in [6.45, 7) is 8.12. The Morgan fingerprint density at radius 1 is 1.53 bits per heavy atom. The molecule has 4 heteroatoms. The van der Waals surface area contributed by atoms with Crippen molar-refractivity contribution < 1.29 is 9.53 Å². The number of carbonyl (C=O) groups excluding carboxylic acids is 1. The van der Waals surface area contributed by atoms with Crippen molar-refractivity contribution in [1.82, 2.24) is 4.98 Å². The van der Waals surface area contributed by atoms with E-state index in [-0.39, 0.29) is 5.97 Å². The zero-order chi connectivity index (χ0) is 13.0. The molecular formula is C13H18ClNO2. The van der Waals surface area contributed by atoms with Crippen LogP contribution in [0.2, 0.25) is 5.15 Å². The predicted molar refractivity (Wildman–Crippen MR) is 68.5 cm³/mol. The minimum atomic E-state index is -0.315. The first-order valence-electron chi connectivity index (χ1n) is 5.78. The average Bonchev–Trinajstić information content (AvgIpc) is 2.15. The molecule has 1 heterocycles. The van der Waals surface area contributed by atoms with Gasteiger partial charge in [-0.15, -0.1) is 0 Å². The molecule has 0 aliphatic carbocycles. The van der Waals surface area contributed by atoms with Gasteiger partial charge in [-0.25, -0.2) is 9.78 Å². The zero-order valence-corrected chi connectivity index (χ0v) is 11.5. The van der Waals surface area contributed by atoms with Crippen LogP contribution < -0.4 is 0 Å². The lowest BCUT2D eigenvalue weighted by atomic mass is 9.98. The van der Waals surface area contributed by atoms with Gasteiger partial charge in [0.15, 0.2) is 0 Å². The van der Waals surface area contributed by atoms with E-state index in [1.807, 2.05) is 0 Å². The van der Waals surface area contributed by atoms with Gasteiger partial charge in [-0.3, -0.25) is 0 Å². The molecule has 1 rings (SSSR count). The third-order valence-electron chi connectivity index (χ3n) is 2.36. The van der Waals surface area contributed by atoms with Crippen molar-refractivity contribution in [2.75, 3.05) is 6.61 Å². The SMILES string of the molecule is CCOC(=O)c1c(CC(C)C)cc(Cl)nc1C. The van der Waals surface area contributed by atoms with Crippen molar-refractivity contribution >= 4 is 17.6 Å². The molecule has 0 aliphatic heterocycles. The molecule has 0 bridgehead atoms. The molecule has 1 aromatic rings. The van der Waals surface area contributed by atoms with E-state index in [1.54, 1.807) is 19.9 Å². The molecule has 0 spiro atoms. The van der Waals surface area contributed by atoms with Crippen LogP contribution in [0.4, 0.5) is 0 Å². The lowest BCUT2D eigenvalue weighted by Crippen LogP contribution is -2.13. The normalized spacial score (nSPS) is 10.7. The first kappa shape index (κ1) is 14.0. The van der Waals surface area contributed by atoms with Gasteiger partial charge in [-0.1, -0.05) is 25.4 Å².